The second-order valence-electron chi connectivity index (χ2n) is 3.81. The van der Waals surface area contributed by atoms with Crippen LogP contribution in [0.5, 0.6) is 0 Å². The maximum absolute atomic E-state index is 13.9. The van der Waals surface area contributed by atoms with E-state index in [0.717, 1.165) is 0 Å². The van der Waals surface area contributed by atoms with E-state index < -0.39 is 5.82 Å². The van der Waals surface area contributed by atoms with Gasteiger partial charge >= 0.3 is 0 Å². The van der Waals surface area contributed by atoms with Gasteiger partial charge in [0.25, 0.3) is 5.71 Å². The Labute approximate surface area is 96.1 Å². The molecule has 2 aromatic heterocycles. The van der Waals surface area contributed by atoms with Crippen molar-refractivity contribution in [3.05, 3.63) is 11.9 Å². The van der Waals surface area contributed by atoms with Gasteiger partial charge < -0.3 is 19.9 Å². The number of nitrogen functional groups attached to an aromatic ring is 1. The minimum atomic E-state index is -0.422. The lowest BCUT2D eigenvalue weighted by Gasteiger charge is -2.27. The smallest absolute Gasteiger partial charge is 0.262 e. The fourth-order valence-corrected chi connectivity index (χ4v) is 1.85. The monoisotopic (exact) mass is 238 g/mol. The number of rotatable bonds is 1. The minimum absolute atomic E-state index is 0.153. The molecule has 3 rings (SSSR count). The quantitative estimate of drug-likeness (QED) is 0.791. The van der Waals surface area contributed by atoms with Gasteiger partial charge in [-0.3, -0.25) is 0 Å². The van der Waals surface area contributed by atoms with Crippen molar-refractivity contribution in [2.24, 2.45) is 0 Å². The number of morpholine rings is 1. The molecule has 1 aliphatic heterocycles. The molecule has 3 heterocycles. The normalized spacial score (nSPS) is 16.6. The van der Waals surface area contributed by atoms with Crippen LogP contribution in [0.3, 0.4) is 0 Å². The Bertz CT molecular complexity index is 550. The highest BCUT2D eigenvalue weighted by Gasteiger charge is 2.19. The molecule has 0 aromatic carbocycles. The number of aromatic nitrogens is 2. The van der Waals surface area contributed by atoms with Crippen LogP contribution < -0.4 is 10.6 Å². The molecule has 0 bridgehead atoms. The first-order valence-corrected chi connectivity index (χ1v) is 5.30. The van der Waals surface area contributed by atoms with Crippen LogP contribution in [-0.2, 0) is 4.74 Å². The van der Waals surface area contributed by atoms with Crippen LogP contribution >= 0.6 is 0 Å². The van der Waals surface area contributed by atoms with E-state index in [1.54, 1.807) is 0 Å². The average Bonchev–Trinajstić information content (AvgIpc) is 2.71. The molecular formula is C10H11FN4O2. The van der Waals surface area contributed by atoms with Crippen molar-refractivity contribution in [2.45, 2.75) is 0 Å². The first-order valence-electron chi connectivity index (χ1n) is 5.30. The molecule has 0 unspecified atom stereocenters. The molecule has 2 N–H and O–H groups in total. The second-order valence-corrected chi connectivity index (χ2v) is 3.81. The Kier molecular flexibility index (Phi) is 2.32. The summed E-state index contributed by atoms with van der Waals surface area (Å²) in [7, 11) is 0. The first-order chi connectivity index (χ1) is 8.25. The lowest BCUT2D eigenvalue weighted by Crippen LogP contribution is -2.37. The average molecular weight is 238 g/mol. The highest BCUT2D eigenvalue weighted by Crippen LogP contribution is 2.25. The van der Waals surface area contributed by atoms with Gasteiger partial charge in [0.1, 0.15) is 0 Å². The van der Waals surface area contributed by atoms with Crippen LogP contribution in [0.1, 0.15) is 0 Å². The van der Waals surface area contributed by atoms with E-state index in [2.05, 4.69) is 10.1 Å². The first kappa shape index (κ1) is 10.3. The lowest BCUT2D eigenvalue weighted by atomic mass is 10.3. The summed E-state index contributed by atoms with van der Waals surface area (Å²) >= 11 is 0. The summed E-state index contributed by atoms with van der Waals surface area (Å²) in [6.07, 6.45) is 0. The zero-order valence-electron chi connectivity index (χ0n) is 9.02. The molecule has 0 aliphatic carbocycles. The fraction of sp³-hybridized carbons (Fsp3) is 0.400. The number of hydrogen-bond acceptors (Lipinski definition) is 6. The van der Waals surface area contributed by atoms with Gasteiger partial charge in [0, 0.05) is 13.1 Å². The highest BCUT2D eigenvalue weighted by atomic mass is 19.1. The number of nitrogens with zero attached hydrogens (tertiary/aromatic N) is 3. The molecule has 0 saturated carbocycles. The van der Waals surface area contributed by atoms with E-state index in [4.69, 9.17) is 15.0 Å². The number of halogens is 1. The van der Waals surface area contributed by atoms with Gasteiger partial charge in [0.15, 0.2) is 17.5 Å². The summed E-state index contributed by atoms with van der Waals surface area (Å²) < 4.78 is 24.0. The van der Waals surface area contributed by atoms with Gasteiger partial charge in [0.2, 0.25) is 0 Å². The maximum Gasteiger partial charge on any atom is 0.262 e. The molecule has 1 fully saturated rings. The number of nitrogens with two attached hydrogens (primary N) is 1. The molecule has 90 valence electrons. The van der Waals surface area contributed by atoms with Crippen molar-refractivity contribution in [3.63, 3.8) is 0 Å². The third-order valence-electron chi connectivity index (χ3n) is 2.74. The summed E-state index contributed by atoms with van der Waals surface area (Å²) in [6, 6.07) is 1.30. The number of pyridine rings is 1. The van der Waals surface area contributed by atoms with Gasteiger partial charge in [-0.15, -0.1) is 0 Å². The molecule has 0 radical (unpaired) electrons. The Hall–Kier alpha value is -1.89. The van der Waals surface area contributed by atoms with Gasteiger partial charge in [0.05, 0.1) is 18.6 Å². The molecule has 1 aliphatic rings. The predicted molar refractivity (Wildman–Crippen MR) is 59.2 cm³/mol. The number of ether oxygens (including phenoxy) is 1. The molecule has 0 spiro atoms. The molecule has 0 amide bonds. The van der Waals surface area contributed by atoms with E-state index in [1.807, 2.05) is 4.90 Å². The number of fused-ring (bicyclic) bond motifs is 1. The summed E-state index contributed by atoms with van der Waals surface area (Å²) in [4.78, 5) is 5.92. The van der Waals surface area contributed by atoms with Gasteiger partial charge in [-0.25, -0.2) is 4.39 Å². The van der Waals surface area contributed by atoms with Crippen LogP contribution in [0.15, 0.2) is 10.6 Å². The minimum Gasteiger partial charge on any atom is -0.380 e. The van der Waals surface area contributed by atoms with E-state index in [9.17, 15) is 4.39 Å². The lowest BCUT2D eigenvalue weighted by molar-refractivity contribution is 0.122. The standard InChI is InChI=1S/C10H11FN4O2/c11-7-5-6-8(12)14-17-10(6)13-9(7)15-1-3-16-4-2-15/h5H,1-4H2,(H2,12,14). The van der Waals surface area contributed by atoms with Crippen LogP contribution in [0, 0.1) is 5.82 Å². The third-order valence-corrected chi connectivity index (χ3v) is 2.74. The predicted octanol–water partition coefficient (Wildman–Crippen LogP) is 0.781. The molecular weight excluding hydrogens is 227 g/mol. The SMILES string of the molecule is Nc1noc2nc(N3CCOCC3)c(F)cc12. The fourth-order valence-electron chi connectivity index (χ4n) is 1.85. The summed E-state index contributed by atoms with van der Waals surface area (Å²) in [5.74, 6) is -0.00817. The van der Waals surface area contributed by atoms with Gasteiger partial charge in [-0.2, -0.15) is 4.98 Å². The molecule has 1 saturated heterocycles. The van der Waals surface area contributed by atoms with E-state index in [-0.39, 0.29) is 17.3 Å². The van der Waals surface area contributed by atoms with Crippen molar-refractivity contribution in [3.8, 4) is 0 Å². The summed E-state index contributed by atoms with van der Waals surface area (Å²) in [6.45, 7) is 2.35. The van der Waals surface area contributed by atoms with Crippen LogP contribution in [-0.4, -0.2) is 36.4 Å². The number of anilines is 2. The third kappa shape index (κ3) is 1.68. The van der Waals surface area contributed by atoms with Crippen LogP contribution in [0.2, 0.25) is 0 Å². The van der Waals surface area contributed by atoms with Crippen molar-refractivity contribution in [1.82, 2.24) is 10.1 Å². The molecule has 17 heavy (non-hydrogen) atoms. The summed E-state index contributed by atoms with van der Waals surface area (Å²) in [5, 5.41) is 3.96. The zero-order valence-corrected chi connectivity index (χ0v) is 9.02. The van der Waals surface area contributed by atoms with Crippen molar-refractivity contribution < 1.29 is 13.7 Å². The highest BCUT2D eigenvalue weighted by molar-refractivity contribution is 5.85. The molecule has 2 aromatic rings. The Morgan fingerprint density at radius 2 is 2.12 bits per heavy atom. The van der Waals surface area contributed by atoms with Gasteiger partial charge in [-0.05, 0) is 6.07 Å². The van der Waals surface area contributed by atoms with Gasteiger partial charge in [-0.1, -0.05) is 5.16 Å². The second kappa shape index (κ2) is 3.85. The Balaban J connectivity index is 2.06. The molecule has 6 nitrogen and oxygen atoms in total. The number of hydrogen-bond donors (Lipinski definition) is 1. The topological polar surface area (TPSA) is 77.4 Å². The van der Waals surface area contributed by atoms with E-state index in [1.165, 1.54) is 6.07 Å². The van der Waals surface area contributed by atoms with Crippen LogP contribution in [0.25, 0.3) is 11.1 Å². The molecule has 7 heteroatoms. The van der Waals surface area contributed by atoms with E-state index in [0.29, 0.717) is 31.7 Å². The van der Waals surface area contributed by atoms with Crippen molar-refractivity contribution >= 4 is 22.7 Å². The largest absolute Gasteiger partial charge is 0.380 e. The maximum atomic E-state index is 13.9. The van der Waals surface area contributed by atoms with Crippen molar-refractivity contribution in [2.75, 3.05) is 36.9 Å². The molecule has 0 atom stereocenters. The Morgan fingerprint density at radius 1 is 1.35 bits per heavy atom. The Morgan fingerprint density at radius 3 is 2.88 bits per heavy atom. The zero-order chi connectivity index (χ0) is 11.8. The van der Waals surface area contributed by atoms with E-state index >= 15 is 0 Å². The van der Waals surface area contributed by atoms with Crippen molar-refractivity contribution in [1.29, 1.82) is 0 Å². The van der Waals surface area contributed by atoms with Crippen LogP contribution in [0.4, 0.5) is 16.0 Å². The summed E-state index contributed by atoms with van der Waals surface area (Å²) in [5.41, 5.74) is 5.78.